The number of ether oxygens (including phenoxy) is 1. The number of para-hydroxylation sites is 1. The standard InChI is InChI=1S/C22H23ClN4O2S/c1-3-13-27-21(16(2)29-19-12-8-7-11-18(19)23)25-26-22(27)30-15-20(28)24-14-17-9-5-4-6-10-17/h3-12,16H,1,13-15H2,2H3,(H,24,28). The van der Waals surface area contributed by atoms with Crippen molar-refractivity contribution in [2.75, 3.05) is 5.75 Å². The molecule has 0 aliphatic carbocycles. The normalized spacial score (nSPS) is 11.7. The summed E-state index contributed by atoms with van der Waals surface area (Å²) in [5.74, 6) is 1.39. The molecule has 30 heavy (non-hydrogen) atoms. The van der Waals surface area contributed by atoms with Gasteiger partial charge in [-0.25, -0.2) is 0 Å². The van der Waals surface area contributed by atoms with Crippen molar-refractivity contribution in [3.8, 4) is 5.75 Å². The molecule has 1 atom stereocenters. The van der Waals surface area contributed by atoms with Gasteiger partial charge in [0.1, 0.15) is 5.75 Å². The van der Waals surface area contributed by atoms with Crippen LogP contribution in [0.25, 0.3) is 0 Å². The Morgan fingerprint density at radius 2 is 1.97 bits per heavy atom. The van der Waals surface area contributed by atoms with E-state index in [9.17, 15) is 4.79 Å². The van der Waals surface area contributed by atoms with Gasteiger partial charge in [0.15, 0.2) is 17.1 Å². The van der Waals surface area contributed by atoms with Gasteiger partial charge in [-0.05, 0) is 24.6 Å². The molecular weight excluding hydrogens is 420 g/mol. The van der Waals surface area contributed by atoms with E-state index in [0.717, 1.165) is 5.56 Å². The number of allylic oxidation sites excluding steroid dienone is 1. The first-order valence-electron chi connectivity index (χ1n) is 9.47. The van der Waals surface area contributed by atoms with Crippen LogP contribution in [0.5, 0.6) is 5.75 Å². The number of hydrogen-bond donors (Lipinski definition) is 1. The molecule has 6 nitrogen and oxygen atoms in total. The molecule has 1 N–H and O–H groups in total. The van der Waals surface area contributed by atoms with E-state index in [1.807, 2.05) is 54.0 Å². The third-order valence-electron chi connectivity index (χ3n) is 4.23. The second-order valence-electron chi connectivity index (χ2n) is 6.48. The van der Waals surface area contributed by atoms with Crippen molar-refractivity contribution in [2.24, 2.45) is 0 Å². The zero-order chi connectivity index (χ0) is 21.3. The fraction of sp³-hybridized carbons (Fsp3) is 0.227. The van der Waals surface area contributed by atoms with Crippen LogP contribution in [0.15, 0.2) is 72.4 Å². The van der Waals surface area contributed by atoms with E-state index in [2.05, 4.69) is 22.1 Å². The zero-order valence-electron chi connectivity index (χ0n) is 16.6. The van der Waals surface area contributed by atoms with Crippen molar-refractivity contribution in [3.05, 3.63) is 83.7 Å². The molecule has 3 rings (SSSR count). The van der Waals surface area contributed by atoms with E-state index < -0.39 is 0 Å². The lowest BCUT2D eigenvalue weighted by atomic mass is 10.2. The van der Waals surface area contributed by atoms with Crippen LogP contribution in [0.1, 0.15) is 24.4 Å². The summed E-state index contributed by atoms with van der Waals surface area (Å²) in [5, 5.41) is 12.6. The van der Waals surface area contributed by atoms with Gasteiger partial charge in [-0.1, -0.05) is 71.9 Å². The number of hydrogen-bond acceptors (Lipinski definition) is 5. The molecule has 0 radical (unpaired) electrons. The van der Waals surface area contributed by atoms with Gasteiger partial charge in [0.2, 0.25) is 5.91 Å². The fourth-order valence-electron chi connectivity index (χ4n) is 2.77. The molecule has 1 aromatic heterocycles. The lowest BCUT2D eigenvalue weighted by molar-refractivity contribution is -0.118. The van der Waals surface area contributed by atoms with Gasteiger partial charge in [-0.15, -0.1) is 16.8 Å². The van der Waals surface area contributed by atoms with E-state index >= 15 is 0 Å². The Balaban J connectivity index is 1.62. The Hall–Kier alpha value is -2.77. The first kappa shape index (κ1) is 21.9. The maximum absolute atomic E-state index is 12.2. The van der Waals surface area contributed by atoms with Gasteiger partial charge in [0.25, 0.3) is 0 Å². The molecular formula is C22H23ClN4O2S. The number of nitrogens with zero attached hydrogens (tertiary/aromatic N) is 3. The van der Waals surface area contributed by atoms with Crippen LogP contribution in [0.2, 0.25) is 5.02 Å². The largest absolute Gasteiger partial charge is 0.481 e. The van der Waals surface area contributed by atoms with Crippen molar-refractivity contribution < 1.29 is 9.53 Å². The van der Waals surface area contributed by atoms with Gasteiger partial charge in [0.05, 0.1) is 10.8 Å². The van der Waals surface area contributed by atoms with E-state index in [1.165, 1.54) is 11.8 Å². The average Bonchev–Trinajstić information content (AvgIpc) is 3.16. The molecule has 8 heteroatoms. The Kier molecular flexibility index (Phi) is 7.93. The minimum Gasteiger partial charge on any atom is -0.481 e. The molecule has 156 valence electrons. The lowest BCUT2D eigenvalue weighted by Gasteiger charge is -2.16. The minimum absolute atomic E-state index is 0.0704. The molecule has 1 amide bonds. The number of thioether (sulfide) groups is 1. The highest BCUT2D eigenvalue weighted by molar-refractivity contribution is 7.99. The summed E-state index contributed by atoms with van der Waals surface area (Å²) < 4.78 is 7.86. The van der Waals surface area contributed by atoms with Crippen LogP contribution >= 0.6 is 23.4 Å². The summed E-state index contributed by atoms with van der Waals surface area (Å²) in [6.07, 6.45) is 1.38. The first-order chi connectivity index (χ1) is 14.6. The summed E-state index contributed by atoms with van der Waals surface area (Å²) in [7, 11) is 0. The molecule has 0 aliphatic heterocycles. The summed E-state index contributed by atoms with van der Waals surface area (Å²) in [4.78, 5) is 12.2. The quantitative estimate of drug-likeness (QED) is 0.365. The average molecular weight is 443 g/mol. The molecule has 2 aromatic carbocycles. The smallest absolute Gasteiger partial charge is 0.230 e. The van der Waals surface area contributed by atoms with Gasteiger partial charge in [-0.2, -0.15) is 0 Å². The molecule has 3 aromatic rings. The highest BCUT2D eigenvalue weighted by atomic mass is 35.5. The SMILES string of the molecule is C=CCn1c(SCC(=O)NCc2ccccc2)nnc1C(C)Oc1ccccc1Cl. The van der Waals surface area contributed by atoms with Gasteiger partial charge in [-0.3, -0.25) is 9.36 Å². The van der Waals surface area contributed by atoms with E-state index in [1.54, 1.807) is 18.2 Å². The number of halogens is 1. The topological polar surface area (TPSA) is 69.0 Å². The van der Waals surface area contributed by atoms with Gasteiger partial charge in [0, 0.05) is 13.1 Å². The molecule has 0 saturated heterocycles. The second-order valence-corrected chi connectivity index (χ2v) is 7.83. The molecule has 1 heterocycles. The number of aromatic nitrogens is 3. The van der Waals surface area contributed by atoms with Crippen LogP contribution < -0.4 is 10.1 Å². The molecule has 0 fully saturated rings. The van der Waals surface area contributed by atoms with Crippen molar-refractivity contribution in [1.29, 1.82) is 0 Å². The van der Waals surface area contributed by atoms with Crippen molar-refractivity contribution in [1.82, 2.24) is 20.1 Å². The number of carbonyl (C=O) groups excluding carboxylic acids is 1. The van der Waals surface area contributed by atoms with Crippen LogP contribution in [0.3, 0.4) is 0 Å². The summed E-state index contributed by atoms with van der Waals surface area (Å²) in [6.45, 7) is 6.69. The van der Waals surface area contributed by atoms with Crippen LogP contribution in [0.4, 0.5) is 0 Å². The van der Waals surface area contributed by atoms with E-state index in [-0.39, 0.29) is 17.8 Å². The minimum atomic E-state index is -0.376. The monoisotopic (exact) mass is 442 g/mol. The van der Waals surface area contributed by atoms with E-state index in [0.29, 0.717) is 34.8 Å². The van der Waals surface area contributed by atoms with Crippen LogP contribution in [0, 0.1) is 0 Å². The number of rotatable bonds is 10. The third kappa shape index (κ3) is 5.87. The second kappa shape index (κ2) is 10.8. The molecule has 0 spiro atoms. The lowest BCUT2D eigenvalue weighted by Crippen LogP contribution is -2.24. The zero-order valence-corrected chi connectivity index (χ0v) is 18.2. The number of benzene rings is 2. The molecule has 0 bridgehead atoms. The summed E-state index contributed by atoms with van der Waals surface area (Å²) in [5.41, 5.74) is 1.05. The molecule has 0 saturated carbocycles. The fourth-order valence-corrected chi connectivity index (χ4v) is 3.73. The summed E-state index contributed by atoms with van der Waals surface area (Å²) in [6, 6.07) is 17.1. The molecule has 1 unspecified atom stereocenters. The number of carbonyl (C=O) groups is 1. The van der Waals surface area contributed by atoms with Gasteiger partial charge >= 0.3 is 0 Å². The van der Waals surface area contributed by atoms with Crippen LogP contribution in [-0.4, -0.2) is 26.4 Å². The number of nitrogens with one attached hydrogen (secondary N) is 1. The highest BCUT2D eigenvalue weighted by Gasteiger charge is 2.20. The summed E-state index contributed by atoms with van der Waals surface area (Å²) >= 11 is 7.51. The highest BCUT2D eigenvalue weighted by Crippen LogP contribution is 2.29. The van der Waals surface area contributed by atoms with Crippen molar-refractivity contribution >= 4 is 29.3 Å². The predicted molar refractivity (Wildman–Crippen MR) is 120 cm³/mol. The first-order valence-corrected chi connectivity index (χ1v) is 10.8. The third-order valence-corrected chi connectivity index (χ3v) is 5.51. The maximum Gasteiger partial charge on any atom is 0.230 e. The van der Waals surface area contributed by atoms with Crippen molar-refractivity contribution in [3.63, 3.8) is 0 Å². The Bertz CT molecular complexity index is 994. The van der Waals surface area contributed by atoms with Crippen molar-refractivity contribution in [2.45, 2.75) is 31.3 Å². The predicted octanol–water partition coefficient (Wildman–Crippen LogP) is 4.67. The van der Waals surface area contributed by atoms with Crippen LogP contribution in [-0.2, 0) is 17.9 Å². The maximum atomic E-state index is 12.2. The number of amides is 1. The molecule has 0 aliphatic rings. The Morgan fingerprint density at radius 3 is 2.70 bits per heavy atom. The van der Waals surface area contributed by atoms with E-state index in [4.69, 9.17) is 16.3 Å². The Morgan fingerprint density at radius 1 is 1.23 bits per heavy atom. The Labute approximate surface area is 185 Å². The van der Waals surface area contributed by atoms with Gasteiger partial charge < -0.3 is 10.1 Å².